The predicted octanol–water partition coefficient (Wildman–Crippen LogP) is 2.53. The number of benzene rings is 1. The number of aromatic nitrogens is 4. The van der Waals surface area contributed by atoms with Gasteiger partial charge in [-0.1, -0.05) is 12.1 Å². The van der Waals surface area contributed by atoms with Crippen LogP contribution < -0.4 is 5.32 Å². The van der Waals surface area contributed by atoms with E-state index < -0.39 is 0 Å². The highest BCUT2D eigenvalue weighted by Gasteiger charge is 2.09. The van der Waals surface area contributed by atoms with Gasteiger partial charge in [-0.25, -0.2) is 4.98 Å². The minimum absolute atomic E-state index is 0.252. The van der Waals surface area contributed by atoms with E-state index in [2.05, 4.69) is 20.5 Å². The predicted molar refractivity (Wildman–Crippen MR) is 83.0 cm³/mol. The number of pyridine rings is 1. The summed E-state index contributed by atoms with van der Waals surface area (Å²) < 4.78 is 1.65. The highest BCUT2D eigenvalue weighted by atomic mass is 16.1. The van der Waals surface area contributed by atoms with E-state index in [1.807, 2.05) is 32.0 Å². The Kier molecular flexibility index (Phi) is 3.65. The third-order valence-electron chi connectivity index (χ3n) is 3.42. The van der Waals surface area contributed by atoms with Gasteiger partial charge in [0.25, 0.3) is 5.91 Å². The average Bonchev–Trinajstić information content (AvgIpc) is 3.05. The minimum Gasteiger partial charge on any atom is -0.321 e. The van der Waals surface area contributed by atoms with Gasteiger partial charge in [0.2, 0.25) is 0 Å². The zero-order valence-electron chi connectivity index (χ0n) is 12.3. The molecule has 0 spiro atoms. The highest BCUT2D eigenvalue weighted by molar-refractivity contribution is 6.03. The Balaban J connectivity index is 1.83. The van der Waals surface area contributed by atoms with E-state index in [-0.39, 0.29) is 5.91 Å². The Bertz CT molecular complexity index is 811. The number of carbonyl (C=O) groups excluding carboxylic acids is 1. The van der Waals surface area contributed by atoms with Gasteiger partial charge in [0.1, 0.15) is 24.2 Å². The Morgan fingerprint density at radius 3 is 2.55 bits per heavy atom. The van der Waals surface area contributed by atoms with Crippen molar-refractivity contribution in [2.75, 3.05) is 5.32 Å². The molecule has 6 heteroatoms. The standard InChI is InChI=1S/C16H15N5O/c1-11-6-7-13(8-12(11)2)19-16(22)14-4-3-5-15(20-14)21-9-17-18-10-21/h3-10H,1-2H3,(H,19,22). The molecule has 0 radical (unpaired) electrons. The quantitative estimate of drug-likeness (QED) is 0.805. The molecule has 0 aliphatic rings. The van der Waals surface area contributed by atoms with E-state index in [9.17, 15) is 4.79 Å². The zero-order chi connectivity index (χ0) is 15.5. The van der Waals surface area contributed by atoms with Gasteiger partial charge in [-0.2, -0.15) is 0 Å². The van der Waals surface area contributed by atoms with Crippen molar-refractivity contribution in [1.82, 2.24) is 19.7 Å². The molecular weight excluding hydrogens is 278 g/mol. The molecule has 110 valence electrons. The first-order valence-electron chi connectivity index (χ1n) is 6.84. The summed E-state index contributed by atoms with van der Waals surface area (Å²) in [6, 6.07) is 11.0. The second kappa shape index (κ2) is 5.77. The van der Waals surface area contributed by atoms with Gasteiger partial charge in [0, 0.05) is 5.69 Å². The minimum atomic E-state index is -0.252. The molecule has 2 heterocycles. The van der Waals surface area contributed by atoms with Gasteiger partial charge in [0.05, 0.1) is 0 Å². The number of hydrogen-bond acceptors (Lipinski definition) is 4. The van der Waals surface area contributed by atoms with Gasteiger partial charge >= 0.3 is 0 Å². The van der Waals surface area contributed by atoms with Crippen LogP contribution >= 0.6 is 0 Å². The van der Waals surface area contributed by atoms with Crippen LogP contribution in [0.1, 0.15) is 21.6 Å². The van der Waals surface area contributed by atoms with Crippen LogP contribution in [-0.2, 0) is 0 Å². The molecule has 0 bridgehead atoms. The fourth-order valence-electron chi connectivity index (χ4n) is 2.03. The van der Waals surface area contributed by atoms with Gasteiger partial charge in [0.15, 0.2) is 0 Å². The fraction of sp³-hybridized carbons (Fsp3) is 0.125. The van der Waals surface area contributed by atoms with Gasteiger partial charge < -0.3 is 5.32 Å². The molecular formula is C16H15N5O. The molecule has 0 fully saturated rings. The molecule has 0 saturated heterocycles. The lowest BCUT2D eigenvalue weighted by molar-refractivity contribution is 0.102. The maximum absolute atomic E-state index is 12.3. The van der Waals surface area contributed by atoms with Crippen molar-refractivity contribution in [2.45, 2.75) is 13.8 Å². The second-order valence-corrected chi connectivity index (χ2v) is 5.00. The highest BCUT2D eigenvalue weighted by Crippen LogP contribution is 2.15. The van der Waals surface area contributed by atoms with Crippen molar-refractivity contribution in [1.29, 1.82) is 0 Å². The van der Waals surface area contributed by atoms with Crippen LogP contribution in [0.5, 0.6) is 0 Å². The fourth-order valence-corrected chi connectivity index (χ4v) is 2.03. The van der Waals surface area contributed by atoms with Crippen molar-refractivity contribution in [3.63, 3.8) is 0 Å². The first-order valence-corrected chi connectivity index (χ1v) is 6.84. The number of rotatable bonds is 3. The normalized spacial score (nSPS) is 10.5. The van der Waals surface area contributed by atoms with E-state index in [0.717, 1.165) is 11.3 Å². The Morgan fingerprint density at radius 1 is 1.05 bits per heavy atom. The summed E-state index contributed by atoms with van der Waals surface area (Å²) in [5.41, 5.74) is 3.41. The monoisotopic (exact) mass is 293 g/mol. The Hall–Kier alpha value is -3.02. The van der Waals surface area contributed by atoms with E-state index in [4.69, 9.17) is 0 Å². The summed E-state index contributed by atoms with van der Waals surface area (Å²) in [5, 5.41) is 10.3. The molecule has 0 unspecified atom stereocenters. The van der Waals surface area contributed by atoms with E-state index in [1.165, 1.54) is 18.2 Å². The van der Waals surface area contributed by atoms with Crippen molar-refractivity contribution < 1.29 is 4.79 Å². The maximum Gasteiger partial charge on any atom is 0.274 e. The molecule has 2 aromatic heterocycles. The second-order valence-electron chi connectivity index (χ2n) is 5.00. The molecule has 3 rings (SSSR count). The first kappa shape index (κ1) is 13.9. The molecule has 1 N–H and O–H groups in total. The van der Waals surface area contributed by atoms with Crippen LogP contribution in [0.2, 0.25) is 0 Å². The van der Waals surface area contributed by atoms with Crippen LogP contribution in [0.25, 0.3) is 5.82 Å². The van der Waals surface area contributed by atoms with Gasteiger partial charge in [-0.05, 0) is 49.2 Å². The van der Waals surface area contributed by atoms with Crippen LogP contribution in [0.15, 0.2) is 49.1 Å². The summed E-state index contributed by atoms with van der Waals surface area (Å²) in [7, 11) is 0. The van der Waals surface area contributed by atoms with Crippen LogP contribution in [-0.4, -0.2) is 25.7 Å². The molecule has 6 nitrogen and oxygen atoms in total. The summed E-state index contributed by atoms with van der Waals surface area (Å²) in [5.74, 6) is 0.343. The summed E-state index contributed by atoms with van der Waals surface area (Å²) in [6.45, 7) is 4.04. The van der Waals surface area contributed by atoms with Crippen LogP contribution in [0.4, 0.5) is 5.69 Å². The number of nitrogens with zero attached hydrogens (tertiary/aromatic N) is 4. The molecule has 0 saturated carbocycles. The van der Waals surface area contributed by atoms with Crippen LogP contribution in [0, 0.1) is 13.8 Å². The van der Waals surface area contributed by atoms with Crippen molar-refractivity contribution in [2.24, 2.45) is 0 Å². The SMILES string of the molecule is Cc1ccc(NC(=O)c2cccc(-n3cnnc3)n2)cc1C. The molecule has 0 aliphatic carbocycles. The Morgan fingerprint density at radius 2 is 1.82 bits per heavy atom. The van der Waals surface area contributed by atoms with E-state index >= 15 is 0 Å². The first-order chi connectivity index (χ1) is 10.6. The smallest absolute Gasteiger partial charge is 0.274 e. The average molecular weight is 293 g/mol. The summed E-state index contributed by atoms with van der Waals surface area (Å²) in [4.78, 5) is 16.6. The molecule has 1 aromatic carbocycles. The molecule has 0 atom stereocenters. The van der Waals surface area contributed by atoms with Crippen LogP contribution in [0.3, 0.4) is 0 Å². The Labute approximate surface area is 127 Å². The number of amides is 1. The molecule has 1 amide bonds. The lowest BCUT2D eigenvalue weighted by Crippen LogP contribution is -2.14. The maximum atomic E-state index is 12.3. The molecule has 22 heavy (non-hydrogen) atoms. The van der Waals surface area contributed by atoms with Gasteiger partial charge in [-0.15, -0.1) is 10.2 Å². The van der Waals surface area contributed by atoms with Gasteiger partial charge in [-0.3, -0.25) is 9.36 Å². The number of hydrogen-bond donors (Lipinski definition) is 1. The number of carbonyl (C=O) groups is 1. The van der Waals surface area contributed by atoms with E-state index in [0.29, 0.717) is 11.5 Å². The summed E-state index contributed by atoms with van der Waals surface area (Å²) in [6.07, 6.45) is 3.07. The molecule has 0 aliphatic heterocycles. The number of aryl methyl sites for hydroxylation is 2. The topological polar surface area (TPSA) is 72.7 Å². The van der Waals surface area contributed by atoms with Crippen molar-refractivity contribution >= 4 is 11.6 Å². The number of nitrogens with one attached hydrogen (secondary N) is 1. The molecule has 3 aromatic rings. The van der Waals surface area contributed by atoms with Crippen molar-refractivity contribution in [3.8, 4) is 5.82 Å². The third kappa shape index (κ3) is 2.85. The largest absolute Gasteiger partial charge is 0.321 e. The summed E-state index contributed by atoms with van der Waals surface area (Å²) >= 11 is 0. The zero-order valence-corrected chi connectivity index (χ0v) is 12.3. The lowest BCUT2D eigenvalue weighted by Gasteiger charge is -2.08. The number of anilines is 1. The lowest BCUT2D eigenvalue weighted by atomic mass is 10.1. The van der Waals surface area contributed by atoms with E-state index in [1.54, 1.807) is 22.8 Å². The van der Waals surface area contributed by atoms with Crippen molar-refractivity contribution in [3.05, 3.63) is 65.9 Å². The third-order valence-corrected chi connectivity index (χ3v) is 3.42.